The predicted octanol–water partition coefficient (Wildman–Crippen LogP) is 2.61. The molecule has 27 heavy (non-hydrogen) atoms. The largest absolute Gasteiger partial charge is 0.357 e. The number of carbonyl (C=O) groups excluding carboxylic acids is 1. The normalized spacial score (nSPS) is 20.1. The predicted molar refractivity (Wildman–Crippen MR) is 121 cm³/mol. The van der Waals surface area contributed by atoms with Gasteiger partial charge in [-0.25, -0.2) is 4.98 Å². The molecule has 7 nitrogen and oxygen atoms in total. The molecule has 1 N–H and O–H groups in total. The summed E-state index contributed by atoms with van der Waals surface area (Å²) >= 11 is 0. The number of imidazole rings is 1. The molecule has 2 atom stereocenters. The quantitative estimate of drug-likeness (QED) is 0.363. The average molecular weight is 490 g/mol. The van der Waals surface area contributed by atoms with Gasteiger partial charge in [0.1, 0.15) is 0 Å². The number of hydrogen-bond acceptors (Lipinski definition) is 3. The second-order valence-corrected chi connectivity index (χ2v) is 6.84. The molecule has 1 amide bonds. The number of guanidine groups is 1. The third kappa shape index (κ3) is 6.65. The molecule has 2 rings (SSSR count). The van der Waals surface area contributed by atoms with E-state index < -0.39 is 0 Å². The van der Waals surface area contributed by atoms with Crippen LogP contribution in [-0.2, 0) is 4.79 Å². The number of nitrogens with zero attached hydrogens (tertiary/aromatic N) is 5. The van der Waals surface area contributed by atoms with Crippen molar-refractivity contribution >= 4 is 35.8 Å². The zero-order valence-electron chi connectivity index (χ0n) is 17.1. The minimum atomic E-state index is 0. The summed E-state index contributed by atoms with van der Waals surface area (Å²) in [6.45, 7) is 13.2. The first-order valence-corrected chi connectivity index (χ1v) is 9.89. The Balaban J connectivity index is 0.00000364. The summed E-state index contributed by atoms with van der Waals surface area (Å²) in [6, 6.07) is 0.396. The molecular weight excluding hydrogens is 455 g/mol. The van der Waals surface area contributed by atoms with Crippen molar-refractivity contribution in [3.05, 3.63) is 18.7 Å². The third-order valence-corrected chi connectivity index (χ3v) is 5.16. The van der Waals surface area contributed by atoms with Gasteiger partial charge in [0.15, 0.2) is 5.96 Å². The lowest BCUT2D eigenvalue weighted by molar-refractivity contribution is -0.130. The number of aromatic nitrogens is 2. The molecule has 2 heterocycles. The molecule has 0 bridgehead atoms. The van der Waals surface area contributed by atoms with Gasteiger partial charge in [0.05, 0.1) is 18.9 Å². The van der Waals surface area contributed by atoms with E-state index in [0.717, 1.165) is 45.1 Å². The van der Waals surface area contributed by atoms with Gasteiger partial charge in [-0.05, 0) is 33.1 Å². The highest BCUT2D eigenvalue weighted by Crippen LogP contribution is 2.27. The van der Waals surface area contributed by atoms with Crippen molar-refractivity contribution in [2.75, 3.05) is 39.3 Å². The van der Waals surface area contributed by atoms with Gasteiger partial charge in [0, 0.05) is 51.5 Å². The van der Waals surface area contributed by atoms with Crippen molar-refractivity contribution < 1.29 is 4.79 Å². The number of carbonyl (C=O) groups is 1. The Labute approximate surface area is 180 Å². The number of likely N-dealkylation sites (tertiary alicyclic amines) is 1. The standard InChI is InChI=1S/C19H34N6O.HI/c1-5-21-19(22-10-8-18(26)23(6-2)7-3)24-12-9-16(4)17(14-24)25-13-11-20-15-25;/h11,13,15-17H,5-10,12,14H2,1-4H3,(H,21,22);1H. The van der Waals surface area contributed by atoms with Crippen LogP contribution < -0.4 is 5.32 Å². The molecule has 0 spiro atoms. The van der Waals surface area contributed by atoms with E-state index in [2.05, 4.69) is 33.6 Å². The molecule has 0 aliphatic carbocycles. The number of nitrogens with one attached hydrogen (secondary N) is 1. The first-order chi connectivity index (χ1) is 12.6. The Hall–Kier alpha value is -1.32. The van der Waals surface area contributed by atoms with E-state index in [1.165, 1.54) is 0 Å². The van der Waals surface area contributed by atoms with Crippen LogP contribution in [0.25, 0.3) is 0 Å². The van der Waals surface area contributed by atoms with Crippen LogP contribution in [0.2, 0.25) is 0 Å². The molecule has 1 saturated heterocycles. The Morgan fingerprint density at radius 1 is 1.33 bits per heavy atom. The van der Waals surface area contributed by atoms with Crippen molar-refractivity contribution in [1.29, 1.82) is 0 Å². The molecule has 1 aromatic rings. The van der Waals surface area contributed by atoms with E-state index in [9.17, 15) is 4.79 Å². The summed E-state index contributed by atoms with van der Waals surface area (Å²) in [5.41, 5.74) is 0. The number of halogens is 1. The summed E-state index contributed by atoms with van der Waals surface area (Å²) in [5, 5.41) is 3.39. The second kappa shape index (κ2) is 12.2. The Morgan fingerprint density at radius 3 is 2.67 bits per heavy atom. The van der Waals surface area contributed by atoms with Crippen LogP contribution in [0.3, 0.4) is 0 Å². The summed E-state index contributed by atoms with van der Waals surface area (Å²) in [4.78, 5) is 25.3. The SMILES string of the molecule is CCNC(=NCCC(=O)N(CC)CC)N1CCC(C)C(n2ccnc2)C1.I. The topological polar surface area (TPSA) is 65.8 Å². The Morgan fingerprint density at radius 2 is 2.07 bits per heavy atom. The van der Waals surface area contributed by atoms with Crippen LogP contribution in [0.1, 0.15) is 46.6 Å². The first kappa shape index (κ1) is 23.7. The molecule has 0 radical (unpaired) electrons. The van der Waals surface area contributed by atoms with Crippen LogP contribution >= 0.6 is 24.0 Å². The lowest BCUT2D eigenvalue weighted by atomic mass is 9.93. The van der Waals surface area contributed by atoms with Crippen LogP contribution in [-0.4, -0.2) is 70.5 Å². The number of aliphatic imine (C=N–C) groups is 1. The van der Waals surface area contributed by atoms with E-state index in [1.54, 1.807) is 0 Å². The van der Waals surface area contributed by atoms with E-state index in [-0.39, 0.29) is 29.9 Å². The van der Waals surface area contributed by atoms with Gasteiger partial charge in [-0.3, -0.25) is 9.79 Å². The summed E-state index contributed by atoms with van der Waals surface area (Å²) in [5.74, 6) is 1.70. The van der Waals surface area contributed by atoms with Crippen molar-refractivity contribution in [2.45, 2.75) is 46.6 Å². The highest BCUT2D eigenvalue weighted by Gasteiger charge is 2.28. The lowest BCUT2D eigenvalue weighted by Crippen LogP contribution is -2.49. The van der Waals surface area contributed by atoms with Crippen LogP contribution in [0.5, 0.6) is 0 Å². The van der Waals surface area contributed by atoms with Gasteiger partial charge in [-0.1, -0.05) is 6.92 Å². The average Bonchev–Trinajstić information content (AvgIpc) is 3.17. The number of amides is 1. The molecule has 1 aliphatic rings. The minimum absolute atomic E-state index is 0. The maximum atomic E-state index is 12.2. The van der Waals surface area contributed by atoms with Gasteiger partial charge in [-0.15, -0.1) is 24.0 Å². The van der Waals surface area contributed by atoms with Crippen molar-refractivity contribution in [2.24, 2.45) is 10.9 Å². The van der Waals surface area contributed by atoms with E-state index in [0.29, 0.717) is 24.9 Å². The molecule has 1 fully saturated rings. The van der Waals surface area contributed by atoms with Gasteiger partial charge >= 0.3 is 0 Å². The highest BCUT2D eigenvalue weighted by molar-refractivity contribution is 14.0. The molecule has 2 unspecified atom stereocenters. The van der Waals surface area contributed by atoms with Gasteiger partial charge in [-0.2, -0.15) is 0 Å². The summed E-state index contributed by atoms with van der Waals surface area (Å²) < 4.78 is 2.20. The molecule has 1 aromatic heterocycles. The van der Waals surface area contributed by atoms with Crippen molar-refractivity contribution in [1.82, 2.24) is 24.7 Å². The van der Waals surface area contributed by atoms with Crippen LogP contribution in [0, 0.1) is 5.92 Å². The maximum absolute atomic E-state index is 12.2. The number of piperidine rings is 1. The molecular formula is C19H35IN6O. The van der Waals surface area contributed by atoms with Gasteiger partial charge in [0.2, 0.25) is 5.91 Å². The van der Waals surface area contributed by atoms with Gasteiger partial charge in [0.25, 0.3) is 0 Å². The number of rotatable bonds is 7. The van der Waals surface area contributed by atoms with E-state index in [1.807, 2.05) is 37.5 Å². The van der Waals surface area contributed by atoms with Crippen molar-refractivity contribution in [3.63, 3.8) is 0 Å². The maximum Gasteiger partial charge on any atom is 0.224 e. The smallest absolute Gasteiger partial charge is 0.224 e. The Bertz CT molecular complexity index is 573. The minimum Gasteiger partial charge on any atom is -0.357 e. The zero-order valence-corrected chi connectivity index (χ0v) is 19.4. The number of hydrogen-bond donors (Lipinski definition) is 1. The molecule has 0 saturated carbocycles. The van der Waals surface area contributed by atoms with E-state index in [4.69, 9.17) is 4.99 Å². The Kier molecular flexibility index (Phi) is 10.7. The summed E-state index contributed by atoms with van der Waals surface area (Å²) in [7, 11) is 0. The fourth-order valence-corrected chi connectivity index (χ4v) is 3.51. The fourth-order valence-electron chi connectivity index (χ4n) is 3.51. The van der Waals surface area contributed by atoms with Crippen LogP contribution in [0.15, 0.2) is 23.7 Å². The fraction of sp³-hybridized carbons (Fsp3) is 0.737. The van der Waals surface area contributed by atoms with Gasteiger partial charge < -0.3 is 19.7 Å². The molecule has 8 heteroatoms. The van der Waals surface area contributed by atoms with Crippen molar-refractivity contribution in [3.8, 4) is 0 Å². The third-order valence-electron chi connectivity index (χ3n) is 5.16. The summed E-state index contributed by atoms with van der Waals surface area (Å²) in [6.07, 6.45) is 7.36. The molecule has 1 aliphatic heterocycles. The first-order valence-electron chi connectivity index (χ1n) is 9.89. The van der Waals surface area contributed by atoms with E-state index >= 15 is 0 Å². The van der Waals surface area contributed by atoms with Crippen LogP contribution in [0.4, 0.5) is 0 Å². The lowest BCUT2D eigenvalue weighted by Gasteiger charge is -2.39. The highest BCUT2D eigenvalue weighted by atomic mass is 127. The second-order valence-electron chi connectivity index (χ2n) is 6.84. The molecule has 154 valence electrons. The monoisotopic (exact) mass is 490 g/mol. The molecule has 0 aromatic carbocycles. The zero-order chi connectivity index (χ0) is 18.9.